The van der Waals surface area contributed by atoms with Crippen LogP contribution in [0.15, 0.2) is 59.5 Å². The Kier molecular flexibility index (Phi) is 4.98. The SMILES string of the molecule is CS(=O)(=O)c1ccc(-c2cc(C(F)(F)F)nn2-c2ccc(C(F)(F)F)cc2)cc1. The van der Waals surface area contributed by atoms with Crippen LogP contribution >= 0.6 is 0 Å². The van der Waals surface area contributed by atoms with Gasteiger partial charge in [0.2, 0.25) is 0 Å². The van der Waals surface area contributed by atoms with Crippen molar-refractivity contribution in [3.63, 3.8) is 0 Å². The normalized spacial score (nSPS) is 12.9. The van der Waals surface area contributed by atoms with E-state index >= 15 is 0 Å². The molecular weight excluding hydrogens is 422 g/mol. The lowest BCUT2D eigenvalue weighted by Gasteiger charge is -2.10. The van der Waals surface area contributed by atoms with Crippen molar-refractivity contribution in [1.29, 1.82) is 0 Å². The summed E-state index contributed by atoms with van der Waals surface area (Å²) in [6, 6.07) is 9.27. The molecule has 0 aliphatic carbocycles. The van der Waals surface area contributed by atoms with Gasteiger partial charge in [-0.3, -0.25) is 0 Å². The maximum atomic E-state index is 13.1. The van der Waals surface area contributed by atoms with Crippen molar-refractivity contribution in [2.75, 3.05) is 6.26 Å². The van der Waals surface area contributed by atoms with Crippen LogP contribution in [0.4, 0.5) is 26.3 Å². The van der Waals surface area contributed by atoms with Crippen LogP contribution in [0, 0.1) is 0 Å². The lowest BCUT2D eigenvalue weighted by atomic mass is 10.1. The Morgan fingerprint density at radius 3 is 1.83 bits per heavy atom. The maximum Gasteiger partial charge on any atom is 0.435 e. The molecule has 0 spiro atoms. The summed E-state index contributed by atoms with van der Waals surface area (Å²) in [6.07, 6.45) is -8.39. The summed E-state index contributed by atoms with van der Waals surface area (Å²) in [7, 11) is -3.51. The van der Waals surface area contributed by atoms with Crippen molar-refractivity contribution in [3.8, 4) is 16.9 Å². The smallest absolute Gasteiger partial charge is 0.233 e. The molecule has 3 aromatic rings. The van der Waals surface area contributed by atoms with Crippen molar-refractivity contribution in [1.82, 2.24) is 9.78 Å². The third-order valence-corrected chi connectivity index (χ3v) is 5.15. The van der Waals surface area contributed by atoms with E-state index in [1.807, 2.05) is 0 Å². The second kappa shape index (κ2) is 6.90. The first-order valence-corrected chi connectivity index (χ1v) is 9.81. The van der Waals surface area contributed by atoms with Crippen molar-refractivity contribution in [2.45, 2.75) is 17.2 Å². The fraction of sp³-hybridized carbons (Fsp3) is 0.167. The van der Waals surface area contributed by atoms with Crippen LogP contribution in [0.3, 0.4) is 0 Å². The Morgan fingerprint density at radius 2 is 1.38 bits per heavy atom. The highest BCUT2D eigenvalue weighted by Gasteiger charge is 2.35. The van der Waals surface area contributed by atoms with Crippen LogP contribution in [0.2, 0.25) is 0 Å². The molecule has 2 aromatic carbocycles. The molecule has 0 saturated carbocycles. The third-order valence-electron chi connectivity index (χ3n) is 4.02. The quantitative estimate of drug-likeness (QED) is 0.547. The van der Waals surface area contributed by atoms with E-state index in [9.17, 15) is 34.8 Å². The summed E-state index contributed by atoms with van der Waals surface area (Å²) >= 11 is 0. The predicted molar refractivity (Wildman–Crippen MR) is 92.1 cm³/mol. The number of hydrogen-bond donors (Lipinski definition) is 0. The molecule has 0 atom stereocenters. The van der Waals surface area contributed by atoms with Gasteiger partial charge < -0.3 is 0 Å². The molecule has 0 bridgehead atoms. The van der Waals surface area contributed by atoms with Gasteiger partial charge in [0.15, 0.2) is 15.5 Å². The number of alkyl halides is 6. The summed E-state index contributed by atoms with van der Waals surface area (Å²) in [4.78, 5) is -0.0297. The number of hydrogen-bond acceptors (Lipinski definition) is 3. The van der Waals surface area contributed by atoms with E-state index in [1.165, 1.54) is 24.3 Å². The van der Waals surface area contributed by atoms with Gasteiger partial charge >= 0.3 is 12.4 Å². The molecule has 4 nitrogen and oxygen atoms in total. The second-order valence-corrected chi connectivity index (χ2v) is 8.18. The third kappa shape index (κ3) is 4.44. The Bertz CT molecular complexity index is 1130. The summed E-state index contributed by atoms with van der Waals surface area (Å²) in [5.41, 5.74) is -2.06. The van der Waals surface area contributed by atoms with E-state index in [4.69, 9.17) is 0 Å². The molecule has 11 heteroatoms. The zero-order valence-electron chi connectivity index (χ0n) is 14.6. The van der Waals surface area contributed by atoms with Gasteiger partial charge in [0, 0.05) is 11.8 Å². The number of halogens is 6. The number of nitrogens with zero attached hydrogens (tertiary/aromatic N) is 2. The molecule has 0 fully saturated rings. The van der Waals surface area contributed by atoms with Crippen LogP contribution in [0.25, 0.3) is 16.9 Å². The Morgan fingerprint density at radius 1 is 0.828 bits per heavy atom. The molecule has 0 N–H and O–H groups in total. The molecule has 0 radical (unpaired) electrons. The van der Waals surface area contributed by atoms with Gasteiger partial charge in [0.25, 0.3) is 0 Å². The summed E-state index contributed by atoms with van der Waals surface area (Å²) in [5, 5.41) is 3.48. The molecule has 1 heterocycles. The maximum absolute atomic E-state index is 13.1. The van der Waals surface area contributed by atoms with Gasteiger partial charge in [-0.1, -0.05) is 12.1 Å². The van der Waals surface area contributed by atoms with Crippen molar-refractivity contribution < 1.29 is 34.8 Å². The topological polar surface area (TPSA) is 52.0 Å². The van der Waals surface area contributed by atoms with E-state index < -0.39 is 33.4 Å². The van der Waals surface area contributed by atoms with Crippen LogP contribution in [0.1, 0.15) is 11.3 Å². The van der Waals surface area contributed by atoms with E-state index in [1.54, 1.807) is 0 Å². The van der Waals surface area contributed by atoms with Crippen molar-refractivity contribution >= 4 is 9.84 Å². The molecule has 0 amide bonds. The van der Waals surface area contributed by atoms with Crippen LogP contribution in [-0.4, -0.2) is 24.5 Å². The Hall–Kier alpha value is -2.82. The minimum Gasteiger partial charge on any atom is -0.233 e. The average molecular weight is 434 g/mol. The molecule has 3 rings (SSSR count). The van der Waals surface area contributed by atoms with Crippen molar-refractivity contribution in [3.05, 3.63) is 65.9 Å². The molecule has 0 saturated heterocycles. The highest BCUT2D eigenvalue weighted by Crippen LogP contribution is 2.34. The zero-order chi connectivity index (χ0) is 21.6. The highest BCUT2D eigenvalue weighted by atomic mass is 32.2. The summed E-state index contributed by atoms with van der Waals surface area (Å²) < 4.78 is 102. The Balaban J connectivity index is 2.13. The van der Waals surface area contributed by atoms with Crippen molar-refractivity contribution in [2.24, 2.45) is 0 Å². The molecule has 0 unspecified atom stereocenters. The van der Waals surface area contributed by atoms with Gasteiger partial charge in [-0.05, 0) is 42.5 Å². The van der Waals surface area contributed by atoms with E-state index in [0.717, 1.165) is 41.3 Å². The van der Waals surface area contributed by atoms with Gasteiger partial charge in [0.05, 0.1) is 21.8 Å². The number of sulfone groups is 1. The number of benzene rings is 2. The molecule has 0 aliphatic rings. The van der Waals surface area contributed by atoms with Gasteiger partial charge in [-0.25, -0.2) is 13.1 Å². The molecule has 154 valence electrons. The lowest BCUT2D eigenvalue weighted by molar-refractivity contribution is -0.141. The molecule has 0 aliphatic heterocycles. The minimum absolute atomic E-state index is 0.0179. The highest BCUT2D eigenvalue weighted by molar-refractivity contribution is 7.90. The fourth-order valence-electron chi connectivity index (χ4n) is 2.59. The van der Waals surface area contributed by atoms with Crippen LogP contribution in [0.5, 0.6) is 0 Å². The van der Waals surface area contributed by atoms with Gasteiger partial charge in [0.1, 0.15) is 0 Å². The largest absolute Gasteiger partial charge is 0.435 e. The number of rotatable bonds is 3. The molecule has 29 heavy (non-hydrogen) atoms. The Labute approximate surface area is 161 Å². The summed E-state index contributed by atoms with van der Waals surface area (Å²) in [6.45, 7) is 0. The van der Waals surface area contributed by atoms with E-state index in [-0.39, 0.29) is 21.8 Å². The minimum atomic E-state index is -4.78. The first kappa shape index (κ1) is 20.9. The first-order chi connectivity index (χ1) is 13.3. The first-order valence-electron chi connectivity index (χ1n) is 7.92. The monoisotopic (exact) mass is 434 g/mol. The van der Waals surface area contributed by atoms with Crippen LogP contribution in [-0.2, 0) is 22.2 Å². The van der Waals surface area contributed by atoms with Crippen LogP contribution < -0.4 is 0 Å². The fourth-order valence-corrected chi connectivity index (χ4v) is 3.22. The molecular formula is C18H12F6N2O2S. The number of aromatic nitrogens is 2. The second-order valence-electron chi connectivity index (χ2n) is 6.17. The summed E-state index contributed by atoms with van der Waals surface area (Å²) in [5.74, 6) is 0. The lowest BCUT2D eigenvalue weighted by Crippen LogP contribution is -2.08. The van der Waals surface area contributed by atoms with E-state index in [0.29, 0.717) is 0 Å². The van der Waals surface area contributed by atoms with Gasteiger partial charge in [-0.15, -0.1) is 0 Å². The average Bonchev–Trinajstić information content (AvgIpc) is 3.06. The molecule has 1 aromatic heterocycles. The predicted octanol–water partition coefficient (Wildman–Crippen LogP) is 4.98. The van der Waals surface area contributed by atoms with Gasteiger partial charge in [-0.2, -0.15) is 31.4 Å². The zero-order valence-corrected chi connectivity index (χ0v) is 15.4. The van der Waals surface area contributed by atoms with E-state index in [2.05, 4.69) is 5.10 Å². The standard InChI is InChI=1S/C18H12F6N2O2S/c1-29(27,28)14-8-2-11(3-9-14)15-10-16(18(22,23)24)25-26(15)13-6-4-12(5-7-13)17(19,20)21/h2-10H,1H3.